The van der Waals surface area contributed by atoms with Crippen molar-refractivity contribution in [1.29, 1.82) is 0 Å². The number of piperidine rings is 1. The Labute approximate surface area is 183 Å². The van der Waals surface area contributed by atoms with Crippen LogP contribution in [0, 0.1) is 6.92 Å². The number of rotatable bonds is 4. The summed E-state index contributed by atoms with van der Waals surface area (Å²) in [5.74, 6) is -1.05. The SMILES string of the molecule is Cc1cc(Cl)cc(NC(=O)OCc2ccc3c(c2)C(=O)N(C2CCC(=O)NC2=O)C3)c1. The lowest BCUT2D eigenvalue weighted by atomic mass is 10.0. The van der Waals surface area contributed by atoms with E-state index >= 15 is 0 Å². The lowest BCUT2D eigenvalue weighted by Gasteiger charge is -2.29. The maximum Gasteiger partial charge on any atom is 0.411 e. The Morgan fingerprint density at radius 1 is 1.23 bits per heavy atom. The lowest BCUT2D eigenvalue weighted by Crippen LogP contribution is -2.52. The number of carbonyl (C=O) groups excluding carboxylic acids is 4. The average Bonchev–Trinajstić information content (AvgIpc) is 3.01. The van der Waals surface area contributed by atoms with Crippen molar-refractivity contribution in [1.82, 2.24) is 10.2 Å². The first-order valence-electron chi connectivity index (χ1n) is 9.77. The second-order valence-electron chi connectivity index (χ2n) is 7.61. The summed E-state index contributed by atoms with van der Waals surface area (Å²) in [6.07, 6.45) is -0.126. The number of hydrogen-bond acceptors (Lipinski definition) is 5. The van der Waals surface area contributed by atoms with Gasteiger partial charge in [0.2, 0.25) is 11.8 Å². The summed E-state index contributed by atoms with van der Waals surface area (Å²) in [7, 11) is 0. The van der Waals surface area contributed by atoms with E-state index in [2.05, 4.69) is 10.6 Å². The molecule has 0 aliphatic carbocycles. The number of ether oxygens (including phenoxy) is 1. The maximum absolute atomic E-state index is 12.8. The van der Waals surface area contributed by atoms with Gasteiger partial charge in [-0.05, 0) is 54.3 Å². The van der Waals surface area contributed by atoms with Crippen molar-refractivity contribution in [2.24, 2.45) is 0 Å². The molecular weight excluding hydrogens is 422 g/mol. The largest absolute Gasteiger partial charge is 0.444 e. The minimum absolute atomic E-state index is 0.0235. The molecule has 1 unspecified atom stereocenters. The van der Waals surface area contributed by atoms with Crippen LogP contribution in [0.3, 0.4) is 0 Å². The maximum atomic E-state index is 12.8. The molecule has 4 rings (SSSR count). The Hall–Kier alpha value is -3.39. The van der Waals surface area contributed by atoms with Crippen LogP contribution in [0.5, 0.6) is 0 Å². The third kappa shape index (κ3) is 4.54. The smallest absolute Gasteiger partial charge is 0.411 e. The van der Waals surface area contributed by atoms with Crippen molar-refractivity contribution in [3.8, 4) is 0 Å². The normalized spacial score (nSPS) is 17.9. The van der Waals surface area contributed by atoms with E-state index in [-0.39, 0.29) is 24.8 Å². The summed E-state index contributed by atoms with van der Waals surface area (Å²) in [5.41, 5.74) is 3.34. The number of nitrogens with zero attached hydrogens (tertiary/aromatic N) is 1. The highest BCUT2D eigenvalue weighted by atomic mass is 35.5. The van der Waals surface area contributed by atoms with Gasteiger partial charge in [-0.25, -0.2) is 4.79 Å². The Morgan fingerprint density at radius 2 is 2.03 bits per heavy atom. The molecule has 2 aliphatic rings. The highest BCUT2D eigenvalue weighted by Crippen LogP contribution is 2.28. The molecular formula is C22H20ClN3O5. The molecule has 160 valence electrons. The second-order valence-corrected chi connectivity index (χ2v) is 8.05. The average molecular weight is 442 g/mol. The molecule has 2 aromatic rings. The molecule has 31 heavy (non-hydrogen) atoms. The van der Waals surface area contributed by atoms with Gasteiger partial charge in [0.1, 0.15) is 12.6 Å². The molecule has 8 nitrogen and oxygen atoms in total. The van der Waals surface area contributed by atoms with Crippen LogP contribution in [0.2, 0.25) is 5.02 Å². The van der Waals surface area contributed by atoms with E-state index in [1.54, 1.807) is 36.4 Å². The lowest BCUT2D eigenvalue weighted by molar-refractivity contribution is -0.136. The zero-order valence-electron chi connectivity index (χ0n) is 16.7. The van der Waals surface area contributed by atoms with Gasteiger partial charge in [0.15, 0.2) is 0 Å². The molecule has 0 saturated carbocycles. The number of amides is 4. The van der Waals surface area contributed by atoms with E-state index < -0.39 is 18.0 Å². The zero-order chi connectivity index (χ0) is 22.1. The second kappa shape index (κ2) is 8.39. The molecule has 1 atom stereocenters. The first-order valence-corrected chi connectivity index (χ1v) is 10.2. The van der Waals surface area contributed by atoms with Crippen LogP contribution in [0.25, 0.3) is 0 Å². The Bertz CT molecular complexity index is 1080. The number of anilines is 1. The molecule has 0 spiro atoms. The summed E-state index contributed by atoms with van der Waals surface area (Å²) < 4.78 is 5.26. The number of benzene rings is 2. The molecule has 1 saturated heterocycles. The van der Waals surface area contributed by atoms with Gasteiger partial charge in [-0.2, -0.15) is 0 Å². The van der Waals surface area contributed by atoms with Crippen LogP contribution in [0.1, 0.15) is 39.9 Å². The summed E-state index contributed by atoms with van der Waals surface area (Å²) in [5, 5.41) is 5.41. The molecule has 1 fully saturated rings. The monoisotopic (exact) mass is 441 g/mol. The fourth-order valence-electron chi connectivity index (χ4n) is 3.80. The van der Waals surface area contributed by atoms with Crippen LogP contribution in [-0.4, -0.2) is 34.8 Å². The fourth-order valence-corrected chi connectivity index (χ4v) is 4.09. The van der Waals surface area contributed by atoms with Gasteiger partial charge in [0, 0.05) is 29.2 Å². The first kappa shape index (κ1) is 20.9. The van der Waals surface area contributed by atoms with Crippen molar-refractivity contribution < 1.29 is 23.9 Å². The molecule has 2 heterocycles. The van der Waals surface area contributed by atoms with E-state index in [1.807, 2.05) is 6.92 Å². The highest BCUT2D eigenvalue weighted by molar-refractivity contribution is 6.31. The molecule has 2 N–H and O–H groups in total. The summed E-state index contributed by atoms with van der Waals surface area (Å²) >= 11 is 5.99. The van der Waals surface area contributed by atoms with Crippen LogP contribution < -0.4 is 10.6 Å². The van der Waals surface area contributed by atoms with Crippen molar-refractivity contribution in [3.05, 3.63) is 63.7 Å². The number of aryl methyl sites for hydroxylation is 1. The Morgan fingerprint density at radius 3 is 2.77 bits per heavy atom. The Kier molecular flexibility index (Phi) is 5.65. The van der Waals surface area contributed by atoms with Gasteiger partial charge in [-0.3, -0.25) is 25.0 Å². The molecule has 2 aromatic carbocycles. The minimum Gasteiger partial charge on any atom is -0.444 e. The molecule has 4 amide bonds. The Balaban J connectivity index is 1.39. The third-order valence-electron chi connectivity index (χ3n) is 5.25. The molecule has 2 aliphatic heterocycles. The van der Waals surface area contributed by atoms with Crippen LogP contribution in [0.15, 0.2) is 36.4 Å². The summed E-state index contributed by atoms with van der Waals surface area (Å²) in [6.45, 7) is 2.14. The number of fused-ring (bicyclic) bond motifs is 1. The van der Waals surface area contributed by atoms with Crippen LogP contribution >= 0.6 is 11.6 Å². The minimum atomic E-state index is -0.663. The summed E-state index contributed by atoms with van der Waals surface area (Å²) in [4.78, 5) is 49.9. The third-order valence-corrected chi connectivity index (χ3v) is 5.47. The van der Waals surface area contributed by atoms with Crippen LogP contribution in [-0.2, 0) is 27.5 Å². The predicted octanol–water partition coefficient (Wildman–Crippen LogP) is 3.16. The number of halogens is 1. The van der Waals surface area contributed by atoms with Gasteiger partial charge in [0.25, 0.3) is 5.91 Å². The first-order chi connectivity index (χ1) is 14.8. The van der Waals surface area contributed by atoms with Crippen molar-refractivity contribution >= 4 is 41.1 Å². The number of hydrogen-bond donors (Lipinski definition) is 2. The molecule has 0 bridgehead atoms. The van der Waals surface area contributed by atoms with Gasteiger partial charge in [-0.15, -0.1) is 0 Å². The van der Waals surface area contributed by atoms with Gasteiger partial charge in [0.05, 0.1) is 0 Å². The van der Waals surface area contributed by atoms with Gasteiger partial charge >= 0.3 is 6.09 Å². The number of imide groups is 1. The van der Waals surface area contributed by atoms with E-state index in [0.29, 0.717) is 34.8 Å². The predicted molar refractivity (Wildman–Crippen MR) is 112 cm³/mol. The standard InChI is InChI=1S/C22H20ClN3O5/c1-12-6-15(23)9-16(7-12)24-22(30)31-11-13-2-3-14-10-26(21(29)17(14)8-13)18-4-5-19(27)25-20(18)28/h2-3,6-9,18H,4-5,10-11H2,1H3,(H,24,30)(H,25,27,28). The topological polar surface area (TPSA) is 105 Å². The van der Waals surface area contributed by atoms with E-state index in [9.17, 15) is 19.2 Å². The molecule has 9 heteroatoms. The molecule has 0 radical (unpaired) electrons. The van der Waals surface area contributed by atoms with E-state index in [0.717, 1.165) is 11.1 Å². The quantitative estimate of drug-likeness (QED) is 0.709. The zero-order valence-corrected chi connectivity index (χ0v) is 17.5. The number of carbonyl (C=O) groups is 4. The molecule has 0 aromatic heterocycles. The van der Waals surface area contributed by atoms with Crippen molar-refractivity contribution in [2.45, 2.75) is 39.0 Å². The van der Waals surface area contributed by atoms with Crippen molar-refractivity contribution in [3.63, 3.8) is 0 Å². The summed E-state index contributed by atoms with van der Waals surface area (Å²) in [6, 6.07) is 9.73. The van der Waals surface area contributed by atoms with Crippen LogP contribution in [0.4, 0.5) is 10.5 Å². The van der Waals surface area contributed by atoms with E-state index in [4.69, 9.17) is 16.3 Å². The highest BCUT2D eigenvalue weighted by Gasteiger charge is 2.39. The van der Waals surface area contributed by atoms with Gasteiger partial charge in [-0.1, -0.05) is 23.7 Å². The van der Waals surface area contributed by atoms with E-state index in [1.165, 1.54) is 4.90 Å². The van der Waals surface area contributed by atoms with Crippen molar-refractivity contribution in [2.75, 3.05) is 5.32 Å². The van der Waals surface area contributed by atoms with Gasteiger partial charge < -0.3 is 9.64 Å². The number of nitrogens with one attached hydrogen (secondary N) is 2. The fraction of sp³-hybridized carbons (Fsp3) is 0.273.